The smallest absolute Gasteiger partial charge is 0.137 e. The molecular weight excluding hydrogens is 259 g/mol. The normalized spacial score (nSPS) is 20.8. The Morgan fingerprint density at radius 1 is 1.32 bits per heavy atom. The summed E-state index contributed by atoms with van der Waals surface area (Å²) in [6, 6.07) is 6.34. The lowest BCUT2D eigenvalue weighted by Gasteiger charge is -2.37. The summed E-state index contributed by atoms with van der Waals surface area (Å²) in [5, 5.41) is 0. The molecule has 1 atom stereocenters. The van der Waals surface area contributed by atoms with Crippen molar-refractivity contribution >= 4 is 16.6 Å². The van der Waals surface area contributed by atoms with E-state index >= 15 is 0 Å². The Kier molecular flexibility index (Phi) is 4.74. The maximum Gasteiger partial charge on any atom is 0.137 e. The summed E-state index contributed by atoms with van der Waals surface area (Å²) >= 11 is 0. The zero-order chi connectivity index (χ0) is 14.0. The molecule has 1 aliphatic rings. The fraction of sp³-hybridized carbons (Fsp3) is 0.600. The molecule has 0 radical (unpaired) electrons. The average molecular weight is 284 g/mol. The lowest BCUT2D eigenvalue weighted by Crippen LogP contribution is -2.45. The topological polar surface area (TPSA) is 6.48 Å². The Labute approximate surface area is 118 Å². The minimum absolute atomic E-state index is 0.0411. The van der Waals surface area contributed by atoms with Crippen LogP contribution in [-0.4, -0.2) is 50.6 Å². The van der Waals surface area contributed by atoms with E-state index in [1.807, 2.05) is 6.07 Å². The van der Waals surface area contributed by atoms with E-state index in [-0.39, 0.29) is 16.7 Å². The van der Waals surface area contributed by atoms with Gasteiger partial charge in [-0.15, -0.1) is 0 Å². The summed E-state index contributed by atoms with van der Waals surface area (Å²) in [4.78, 5) is 5.46. The highest BCUT2D eigenvalue weighted by molar-refractivity contribution is 8.15. The molecule has 4 heteroatoms. The third-order valence-electron chi connectivity index (χ3n) is 3.91. The van der Waals surface area contributed by atoms with Gasteiger partial charge in [-0.1, -0.05) is 0 Å². The van der Waals surface area contributed by atoms with Gasteiger partial charge in [0.05, 0.1) is 0 Å². The van der Waals surface area contributed by atoms with Gasteiger partial charge in [0.1, 0.15) is 5.82 Å². The molecule has 0 N–H and O–H groups in total. The van der Waals surface area contributed by atoms with Crippen LogP contribution in [-0.2, 0) is 0 Å². The van der Waals surface area contributed by atoms with E-state index < -0.39 is 0 Å². The summed E-state index contributed by atoms with van der Waals surface area (Å²) in [6.07, 6.45) is 6.60. The van der Waals surface area contributed by atoms with E-state index in [1.165, 1.54) is 12.8 Å². The van der Waals surface area contributed by atoms with E-state index in [0.717, 1.165) is 23.7 Å². The number of nitrogens with zero attached hydrogens (tertiary/aromatic N) is 2. The van der Waals surface area contributed by atoms with Gasteiger partial charge < -0.3 is 9.80 Å². The van der Waals surface area contributed by atoms with Crippen molar-refractivity contribution in [2.45, 2.75) is 23.8 Å². The summed E-state index contributed by atoms with van der Waals surface area (Å²) in [5.41, 5.74) is 1.03. The van der Waals surface area contributed by atoms with Gasteiger partial charge >= 0.3 is 0 Å². The highest BCUT2D eigenvalue weighted by Gasteiger charge is 2.22. The molecule has 1 aromatic rings. The van der Waals surface area contributed by atoms with Crippen molar-refractivity contribution in [2.24, 2.45) is 0 Å². The molecule has 0 aliphatic carbocycles. The van der Waals surface area contributed by atoms with Crippen LogP contribution in [0.4, 0.5) is 10.1 Å². The maximum absolute atomic E-state index is 14.1. The molecular formula is C15H25FN2S. The summed E-state index contributed by atoms with van der Waals surface area (Å²) < 4.78 is 14.1. The molecule has 19 heavy (non-hydrogen) atoms. The van der Waals surface area contributed by atoms with Crippen LogP contribution in [0.25, 0.3) is 0 Å². The molecule has 1 fully saturated rings. The number of thiol groups is 1. The quantitative estimate of drug-likeness (QED) is 0.853. The summed E-state index contributed by atoms with van der Waals surface area (Å²) in [7, 11) is 3.88. The Hall–Kier alpha value is -0.740. The largest absolute Gasteiger partial charge is 0.370 e. The van der Waals surface area contributed by atoms with Crippen molar-refractivity contribution in [1.29, 1.82) is 0 Å². The van der Waals surface area contributed by atoms with E-state index in [1.54, 1.807) is 6.07 Å². The van der Waals surface area contributed by atoms with E-state index in [2.05, 4.69) is 42.5 Å². The Balaban J connectivity index is 2.15. The van der Waals surface area contributed by atoms with Crippen LogP contribution in [0.2, 0.25) is 0 Å². The third kappa shape index (κ3) is 3.42. The molecule has 2 nitrogen and oxygen atoms in total. The fourth-order valence-electron chi connectivity index (χ4n) is 2.67. The highest BCUT2D eigenvalue weighted by Crippen LogP contribution is 2.33. The van der Waals surface area contributed by atoms with Gasteiger partial charge in [0.2, 0.25) is 0 Å². The molecule has 0 aromatic heterocycles. The van der Waals surface area contributed by atoms with Crippen molar-refractivity contribution < 1.29 is 4.39 Å². The van der Waals surface area contributed by atoms with Crippen LogP contribution in [0.15, 0.2) is 23.1 Å². The molecule has 1 aromatic carbocycles. The molecule has 108 valence electrons. The van der Waals surface area contributed by atoms with Crippen molar-refractivity contribution in [3.8, 4) is 0 Å². The van der Waals surface area contributed by atoms with Gasteiger partial charge in [0.15, 0.2) is 0 Å². The zero-order valence-corrected chi connectivity index (χ0v) is 13.3. The Bertz CT molecular complexity index is 434. The molecule has 2 rings (SSSR count). The Morgan fingerprint density at radius 2 is 2.05 bits per heavy atom. The number of benzene rings is 1. The first-order valence-corrected chi connectivity index (χ1v) is 9.11. The minimum Gasteiger partial charge on any atom is -0.370 e. The van der Waals surface area contributed by atoms with Gasteiger partial charge in [0.25, 0.3) is 0 Å². The van der Waals surface area contributed by atoms with Crippen LogP contribution in [0, 0.1) is 5.82 Å². The van der Waals surface area contributed by atoms with Crippen LogP contribution in [0.5, 0.6) is 0 Å². The molecule has 1 unspecified atom stereocenters. The average Bonchev–Trinajstić information content (AvgIpc) is 2.38. The number of rotatable bonds is 3. The standard InChI is InChI=1S/C15H25FN2S/c1-17(2)13-6-5-9-18(11-13)12-7-8-15(19(3)4)14(16)10-12/h7-8,10,13,19H,5-6,9,11H2,1-4H3. The first kappa shape index (κ1) is 14.7. The molecule has 1 saturated heterocycles. The number of likely N-dealkylation sites (N-methyl/N-ethyl adjacent to an activating group) is 1. The predicted molar refractivity (Wildman–Crippen MR) is 84.4 cm³/mol. The van der Waals surface area contributed by atoms with Gasteiger partial charge in [-0.3, -0.25) is 0 Å². The number of halogens is 1. The molecule has 1 heterocycles. The number of piperidine rings is 1. The van der Waals surface area contributed by atoms with Crippen molar-refractivity contribution in [1.82, 2.24) is 4.90 Å². The third-order valence-corrected chi connectivity index (χ3v) is 5.23. The van der Waals surface area contributed by atoms with Gasteiger partial charge in [0, 0.05) is 29.7 Å². The first-order chi connectivity index (χ1) is 8.99. The second-order valence-electron chi connectivity index (χ2n) is 5.74. The van der Waals surface area contributed by atoms with E-state index in [4.69, 9.17) is 0 Å². The second-order valence-corrected chi connectivity index (χ2v) is 8.01. The lowest BCUT2D eigenvalue weighted by atomic mass is 10.0. The zero-order valence-electron chi connectivity index (χ0n) is 12.4. The summed E-state index contributed by atoms with van der Waals surface area (Å²) in [6.45, 7) is 2.04. The molecule has 0 spiro atoms. The molecule has 0 bridgehead atoms. The molecule has 0 saturated carbocycles. The number of hydrogen-bond donors (Lipinski definition) is 1. The van der Waals surface area contributed by atoms with Crippen molar-refractivity contribution in [3.05, 3.63) is 24.0 Å². The van der Waals surface area contributed by atoms with Crippen LogP contribution in [0.1, 0.15) is 12.8 Å². The van der Waals surface area contributed by atoms with Crippen molar-refractivity contribution in [3.63, 3.8) is 0 Å². The van der Waals surface area contributed by atoms with Crippen LogP contribution < -0.4 is 4.90 Å². The summed E-state index contributed by atoms with van der Waals surface area (Å²) in [5.74, 6) is -0.0411. The number of hydrogen-bond acceptors (Lipinski definition) is 2. The molecule has 0 amide bonds. The van der Waals surface area contributed by atoms with Gasteiger partial charge in [-0.25, -0.2) is 15.3 Å². The second kappa shape index (κ2) is 6.14. The molecule has 1 aliphatic heterocycles. The first-order valence-electron chi connectivity index (χ1n) is 6.87. The lowest BCUT2D eigenvalue weighted by molar-refractivity contribution is 0.258. The van der Waals surface area contributed by atoms with E-state index in [9.17, 15) is 4.39 Å². The maximum atomic E-state index is 14.1. The minimum atomic E-state index is -0.367. The van der Waals surface area contributed by atoms with Gasteiger partial charge in [-0.05, 0) is 57.6 Å². The fourth-order valence-corrected chi connectivity index (χ4v) is 3.53. The van der Waals surface area contributed by atoms with Gasteiger partial charge in [-0.2, -0.15) is 0 Å². The van der Waals surface area contributed by atoms with E-state index in [0.29, 0.717) is 6.04 Å². The Morgan fingerprint density at radius 3 is 2.63 bits per heavy atom. The monoisotopic (exact) mass is 284 g/mol. The van der Waals surface area contributed by atoms with Crippen molar-refractivity contribution in [2.75, 3.05) is 44.6 Å². The highest BCUT2D eigenvalue weighted by atomic mass is 32.2. The van der Waals surface area contributed by atoms with Crippen LogP contribution in [0.3, 0.4) is 0 Å². The predicted octanol–water partition coefficient (Wildman–Crippen LogP) is 2.98. The number of anilines is 1. The van der Waals surface area contributed by atoms with Crippen LogP contribution >= 0.6 is 10.9 Å². The SMILES string of the molecule is CN(C)C1CCCN(c2ccc([SH](C)C)c(F)c2)C1.